The minimum absolute atomic E-state index is 0.183. The van der Waals surface area contributed by atoms with Crippen LogP contribution in [0.1, 0.15) is 19.8 Å². The van der Waals surface area contributed by atoms with Gasteiger partial charge < -0.3 is 4.98 Å². The number of hydrogen-bond acceptors (Lipinski definition) is 3. The lowest BCUT2D eigenvalue weighted by Gasteiger charge is -2.12. The molecule has 7 heteroatoms. The van der Waals surface area contributed by atoms with Crippen LogP contribution < -0.4 is 10.4 Å². The third-order valence-electron chi connectivity index (χ3n) is 3.57. The van der Waals surface area contributed by atoms with E-state index in [2.05, 4.69) is 9.71 Å². The number of H-pyrrole nitrogens is 1. The van der Waals surface area contributed by atoms with Crippen LogP contribution in [0.5, 0.6) is 0 Å². The van der Waals surface area contributed by atoms with Gasteiger partial charge in [0.25, 0.3) is 0 Å². The van der Waals surface area contributed by atoms with Crippen molar-refractivity contribution < 1.29 is 8.42 Å². The first-order chi connectivity index (χ1) is 8.81. The molecule has 3 rings (SSSR count). The molecule has 1 aromatic carbocycles. The summed E-state index contributed by atoms with van der Waals surface area (Å²) in [4.78, 5) is 14.3. The van der Waals surface area contributed by atoms with E-state index in [1.54, 1.807) is 13.1 Å². The maximum absolute atomic E-state index is 12.2. The number of rotatable bonds is 3. The van der Waals surface area contributed by atoms with Crippen molar-refractivity contribution in [3.8, 4) is 0 Å². The van der Waals surface area contributed by atoms with Gasteiger partial charge in [0.05, 0.1) is 15.9 Å². The molecule has 0 spiro atoms. The fraction of sp³-hybridized carbons (Fsp3) is 0.417. The lowest BCUT2D eigenvalue weighted by atomic mass is 10.3. The van der Waals surface area contributed by atoms with Gasteiger partial charge in [-0.25, -0.2) is 17.9 Å². The molecular weight excluding hydrogens is 266 g/mol. The summed E-state index contributed by atoms with van der Waals surface area (Å²) in [7, 11) is -1.93. The van der Waals surface area contributed by atoms with E-state index in [1.165, 1.54) is 16.7 Å². The average Bonchev–Trinajstić information content (AvgIpc) is 2.97. The maximum atomic E-state index is 12.2. The van der Waals surface area contributed by atoms with Crippen LogP contribution in [-0.4, -0.2) is 23.5 Å². The molecule has 0 aliphatic heterocycles. The van der Waals surface area contributed by atoms with E-state index in [9.17, 15) is 13.2 Å². The number of hydrogen-bond donors (Lipinski definition) is 2. The Morgan fingerprint density at radius 2 is 2.05 bits per heavy atom. The summed E-state index contributed by atoms with van der Waals surface area (Å²) in [6.07, 6.45) is 1.72. The molecule has 2 N–H and O–H groups in total. The summed E-state index contributed by atoms with van der Waals surface area (Å²) in [6, 6.07) is 4.63. The molecule has 0 atom stereocenters. The highest BCUT2D eigenvalue weighted by atomic mass is 32.2. The zero-order valence-electron chi connectivity index (χ0n) is 10.7. The summed E-state index contributed by atoms with van der Waals surface area (Å²) in [5.41, 5.74) is 0.641. The van der Waals surface area contributed by atoms with Crippen molar-refractivity contribution in [1.29, 1.82) is 0 Å². The first kappa shape index (κ1) is 12.4. The van der Waals surface area contributed by atoms with Crippen molar-refractivity contribution in [1.82, 2.24) is 14.3 Å². The first-order valence-electron chi connectivity index (χ1n) is 6.04. The van der Waals surface area contributed by atoms with Crippen LogP contribution in [0.25, 0.3) is 11.0 Å². The molecule has 1 fully saturated rings. The molecule has 6 nitrogen and oxygen atoms in total. The number of sulfonamides is 1. The highest BCUT2D eigenvalue weighted by molar-refractivity contribution is 7.89. The zero-order chi connectivity index (χ0) is 13.8. The van der Waals surface area contributed by atoms with Gasteiger partial charge in [-0.1, -0.05) is 0 Å². The molecule has 0 bridgehead atoms. The van der Waals surface area contributed by atoms with Gasteiger partial charge in [-0.3, -0.25) is 4.57 Å². The number of nitrogens with zero attached hydrogens (tertiary/aromatic N) is 1. The van der Waals surface area contributed by atoms with E-state index >= 15 is 0 Å². The number of aromatic amines is 1. The molecule has 2 aromatic rings. The molecule has 1 aliphatic carbocycles. The third-order valence-corrected chi connectivity index (χ3v) is 5.20. The predicted octanol–water partition coefficient (Wildman–Crippen LogP) is 0.697. The first-order valence-corrected chi connectivity index (χ1v) is 7.52. The Kier molecular flexibility index (Phi) is 2.42. The second kappa shape index (κ2) is 3.71. The van der Waals surface area contributed by atoms with Crippen molar-refractivity contribution in [2.75, 3.05) is 0 Å². The largest absolute Gasteiger partial charge is 0.326 e. The van der Waals surface area contributed by atoms with Crippen molar-refractivity contribution in [2.45, 2.75) is 30.2 Å². The van der Waals surface area contributed by atoms with Crippen molar-refractivity contribution in [2.24, 2.45) is 7.05 Å². The Morgan fingerprint density at radius 1 is 1.37 bits per heavy atom. The van der Waals surface area contributed by atoms with E-state index in [0.717, 1.165) is 12.8 Å². The second-order valence-electron chi connectivity index (χ2n) is 5.33. The van der Waals surface area contributed by atoms with E-state index in [1.807, 2.05) is 6.92 Å². The number of imidazole rings is 1. The molecule has 1 heterocycles. The molecule has 1 aliphatic rings. The molecule has 0 saturated heterocycles. The average molecular weight is 281 g/mol. The predicted molar refractivity (Wildman–Crippen MR) is 71.5 cm³/mol. The summed E-state index contributed by atoms with van der Waals surface area (Å²) in [6.45, 7) is 1.88. The van der Waals surface area contributed by atoms with Crippen LogP contribution in [0.4, 0.5) is 0 Å². The maximum Gasteiger partial charge on any atom is 0.326 e. The fourth-order valence-electron chi connectivity index (χ4n) is 2.04. The highest BCUT2D eigenvalue weighted by Gasteiger charge is 2.41. The molecule has 0 radical (unpaired) electrons. The van der Waals surface area contributed by atoms with Gasteiger partial charge in [0, 0.05) is 12.6 Å². The van der Waals surface area contributed by atoms with E-state index < -0.39 is 10.0 Å². The smallest absolute Gasteiger partial charge is 0.306 e. The van der Waals surface area contributed by atoms with Gasteiger partial charge in [-0.15, -0.1) is 0 Å². The van der Waals surface area contributed by atoms with Crippen molar-refractivity contribution in [3.05, 3.63) is 28.7 Å². The van der Waals surface area contributed by atoms with Gasteiger partial charge in [-0.05, 0) is 38.0 Å². The molecule has 1 aromatic heterocycles. The van der Waals surface area contributed by atoms with Gasteiger partial charge in [-0.2, -0.15) is 0 Å². The minimum atomic E-state index is -3.53. The molecule has 19 heavy (non-hydrogen) atoms. The summed E-state index contributed by atoms with van der Waals surface area (Å²) in [5, 5.41) is 0. The van der Waals surface area contributed by atoms with E-state index in [0.29, 0.717) is 11.0 Å². The standard InChI is InChI=1S/C12H15N3O3S/c1-12(5-6-12)14-19(17,18)8-3-4-9-10(7-8)15(2)11(16)13-9/h3-4,7,14H,5-6H2,1-2H3,(H,13,16). The quantitative estimate of drug-likeness (QED) is 0.868. The Hall–Kier alpha value is -1.60. The number of aryl methyl sites for hydroxylation is 1. The van der Waals surface area contributed by atoms with Gasteiger partial charge >= 0.3 is 5.69 Å². The lowest BCUT2D eigenvalue weighted by Crippen LogP contribution is -2.34. The van der Waals surface area contributed by atoms with Crippen LogP contribution in [0.2, 0.25) is 0 Å². The Balaban J connectivity index is 2.10. The van der Waals surface area contributed by atoms with Crippen LogP contribution >= 0.6 is 0 Å². The van der Waals surface area contributed by atoms with Gasteiger partial charge in [0.2, 0.25) is 10.0 Å². The van der Waals surface area contributed by atoms with Crippen LogP contribution in [-0.2, 0) is 17.1 Å². The van der Waals surface area contributed by atoms with Crippen LogP contribution in [0, 0.1) is 0 Å². The van der Waals surface area contributed by atoms with Gasteiger partial charge in [0.1, 0.15) is 0 Å². The Morgan fingerprint density at radius 3 is 2.68 bits per heavy atom. The second-order valence-corrected chi connectivity index (χ2v) is 7.02. The number of nitrogens with one attached hydrogen (secondary N) is 2. The van der Waals surface area contributed by atoms with Crippen LogP contribution in [0.3, 0.4) is 0 Å². The molecule has 1 saturated carbocycles. The zero-order valence-corrected chi connectivity index (χ0v) is 11.5. The Labute approximate surface area is 110 Å². The molecular formula is C12H15N3O3S. The van der Waals surface area contributed by atoms with E-state index in [4.69, 9.17) is 0 Å². The normalized spacial score (nSPS) is 17.8. The topological polar surface area (TPSA) is 84.0 Å². The SMILES string of the molecule is Cn1c(=O)[nH]c2ccc(S(=O)(=O)NC3(C)CC3)cc21. The van der Waals surface area contributed by atoms with Crippen molar-refractivity contribution >= 4 is 21.1 Å². The molecule has 102 valence electrons. The van der Waals surface area contributed by atoms with Crippen molar-refractivity contribution in [3.63, 3.8) is 0 Å². The molecule has 0 amide bonds. The van der Waals surface area contributed by atoms with E-state index in [-0.39, 0.29) is 16.1 Å². The number of aromatic nitrogens is 2. The highest BCUT2D eigenvalue weighted by Crippen LogP contribution is 2.36. The third kappa shape index (κ3) is 2.08. The summed E-state index contributed by atoms with van der Waals surface area (Å²) in [5.74, 6) is 0. The Bertz CT molecular complexity index is 812. The fourth-order valence-corrected chi connectivity index (χ4v) is 3.53. The number of fused-ring (bicyclic) bond motifs is 1. The summed E-state index contributed by atoms with van der Waals surface area (Å²) >= 11 is 0. The van der Waals surface area contributed by atoms with Crippen LogP contribution in [0.15, 0.2) is 27.9 Å². The number of benzene rings is 1. The molecule has 0 unspecified atom stereocenters. The minimum Gasteiger partial charge on any atom is -0.306 e. The lowest BCUT2D eigenvalue weighted by molar-refractivity contribution is 0.558. The monoisotopic (exact) mass is 281 g/mol. The summed E-state index contributed by atoms with van der Waals surface area (Å²) < 4.78 is 28.6. The van der Waals surface area contributed by atoms with Gasteiger partial charge in [0.15, 0.2) is 0 Å².